The van der Waals surface area contributed by atoms with Gasteiger partial charge in [0.25, 0.3) is 0 Å². The van der Waals surface area contributed by atoms with E-state index < -0.39 is 0 Å². The Bertz CT molecular complexity index is 518. The molecule has 2 aliphatic heterocycles. The topological polar surface area (TPSA) is 44.8 Å². The van der Waals surface area contributed by atoms with E-state index in [1.165, 1.54) is 12.8 Å². The van der Waals surface area contributed by atoms with Gasteiger partial charge in [-0.05, 0) is 63.2 Å². The van der Waals surface area contributed by atoms with E-state index in [1.807, 2.05) is 24.3 Å². The Kier molecular flexibility index (Phi) is 6.24. The van der Waals surface area contributed by atoms with Gasteiger partial charge in [0.15, 0.2) is 5.78 Å². The van der Waals surface area contributed by atoms with E-state index in [0.717, 1.165) is 57.2 Å². The molecule has 3 rings (SSSR count). The smallest absolute Gasteiger partial charge is 0.176 e. The summed E-state index contributed by atoms with van der Waals surface area (Å²) in [5, 5.41) is 3.37. The van der Waals surface area contributed by atoms with Crippen LogP contribution >= 0.6 is 0 Å². The number of ether oxygens (including phenoxy) is 1. The molecule has 0 bridgehead atoms. The van der Waals surface area contributed by atoms with Crippen LogP contribution in [-0.2, 0) is 0 Å². The van der Waals surface area contributed by atoms with Crippen LogP contribution in [0.5, 0.6) is 5.75 Å². The molecule has 0 aromatic heterocycles. The Hall–Kier alpha value is -1.43. The molecule has 0 atom stereocenters. The largest absolute Gasteiger partial charge is 0.493 e. The number of benzene rings is 1. The van der Waals surface area contributed by atoms with Crippen LogP contribution < -0.4 is 10.1 Å². The molecule has 0 unspecified atom stereocenters. The number of hydrogen-bond donors (Lipinski definition) is 1. The summed E-state index contributed by atoms with van der Waals surface area (Å²) in [6, 6.07) is 7.66. The first-order chi connectivity index (χ1) is 11.7. The highest BCUT2D eigenvalue weighted by atomic mass is 16.5. The van der Waals surface area contributed by atoms with E-state index in [9.17, 15) is 4.79 Å². The summed E-state index contributed by atoms with van der Waals surface area (Å²) in [6.07, 6.45) is 2.36. The highest BCUT2D eigenvalue weighted by molar-refractivity contribution is 5.97. The maximum Gasteiger partial charge on any atom is 0.176 e. The molecule has 0 saturated carbocycles. The first-order valence-corrected chi connectivity index (χ1v) is 9.08. The van der Waals surface area contributed by atoms with Crippen molar-refractivity contribution >= 4 is 5.78 Å². The van der Waals surface area contributed by atoms with Gasteiger partial charge in [0, 0.05) is 31.7 Å². The normalized spacial score (nSPS) is 20.9. The summed E-state index contributed by atoms with van der Waals surface area (Å²) in [4.78, 5) is 16.9. The lowest BCUT2D eigenvalue weighted by atomic mass is 9.99. The third-order valence-electron chi connectivity index (χ3n) is 5.08. The van der Waals surface area contributed by atoms with E-state index in [1.54, 1.807) is 0 Å². The predicted molar refractivity (Wildman–Crippen MR) is 95.8 cm³/mol. The molecule has 0 amide bonds. The van der Waals surface area contributed by atoms with Crippen molar-refractivity contribution in [3.8, 4) is 5.75 Å². The van der Waals surface area contributed by atoms with E-state index in [4.69, 9.17) is 4.74 Å². The number of rotatable bonds is 6. The molecular weight excluding hydrogens is 302 g/mol. The third-order valence-corrected chi connectivity index (χ3v) is 5.08. The Labute approximate surface area is 145 Å². The maximum atomic E-state index is 12.4. The Balaban J connectivity index is 1.45. The molecule has 5 heteroatoms. The standard InChI is InChI=1S/C19H29N3O2/c1-21-10-12-22(13-11-21)14-19(23)17-2-4-18(5-3-17)24-15-16-6-8-20-9-7-16/h2-5,16,20H,6-15H2,1H3. The molecule has 1 aromatic rings. The van der Waals surface area contributed by atoms with E-state index >= 15 is 0 Å². The van der Waals surface area contributed by atoms with Gasteiger partial charge in [-0.2, -0.15) is 0 Å². The number of piperazine rings is 1. The van der Waals surface area contributed by atoms with Crippen LogP contribution in [0.1, 0.15) is 23.2 Å². The lowest BCUT2D eigenvalue weighted by Gasteiger charge is -2.31. The number of Topliss-reactive ketones (excluding diaryl/α,β-unsaturated/α-hetero) is 1. The van der Waals surface area contributed by atoms with Crippen LogP contribution in [0.2, 0.25) is 0 Å². The van der Waals surface area contributed by atoms with Gasteiger partial charge in [0.1, 0.15) is 5.75 Å². The molecule has 2 aliphatic rings. The summed E-state index contributed by atoms with van der Waals surface area (Å²) >= 11 is 0. The second-order valence-electron chi connectivity index (χ2n) is 7.03. The zero-order valence-electron chi connectivity index (χ0n) is 14.7. The van der Waals surface area contributed by atoms with Gasteiger partial charge < -0.3 is 15.0 Å². The van der Waals surface area contributed by atoms with Crippen molar-refractivity contribution in [2.45, 2.75) is 12.8 Å². The fraction of sp³-hybridized carbons (Fsp3) is 0.632. The van der Waals surface area contributed by atoms with Gasteiger partial charge in [-0.25, -0.2) is 0 Å². The molecule has 0 radical (unpaired) electrons. The Morgan fingerprint density at radius 3 is 2.46 bits per heavy atom. The lowest BCUT2D eigenvalue weighted by Crippen LogP contribution is -2.46. The highest BCUT2D eigenvalue weighted by Gasteiger charge is 2.18. The fourth-order valence-electron chi connectivity index (χ4n) is 3.30. The minimum absolute atomic E-state index is 0.199. The van der Waals surface area contributed by atoms with Crippen LogP contribution in [-0.4, -0.2) is 75.1 Å². The van der Waals surface area contributed by atoms with Crippen LogP contribution in [0.4, 0.5) is 0 Å². The number of piperidine rings is 1. The summed E-state index contributed by atoms with van der Waals surface area (Å²) in [5.74, 6) is 1.71. The number of hydrogen-bond acceptors (Lipinski definition) is 5. The molecule has 5 nitrogen and oxygen atoms in total. The van der Waals surface area contributed by atoms with Crippen LogP contribution in [0.25, 0.3) is 0 Å². The van der Waals surface area contributed by atoms with Crippen molar-refractivity contribution in [1.82, 2.24) is 15.1 Å². The summed E-state index contributed by atoms with van der Waals surface area (Å²) in [6.45, 7) is 7.49. The van der Waals surface area contributed by atoms with E-state index in [0.29, 0.717) is 12.5 Å². The van der Waals surface area contributed by atoms with E-state index in [2.05, 4.69) is 22.2 Å². The maximum absolute atomic E-state index is 12.4. The highest BCUT2D eigenvalue weighted by Crippen LogP contribution is 2.17. The van der Waals surface area contributed by atoms with Crippen LogP contribution in [0, 0.1) is 5.92 Å². The van der Waals surface area contributed by atoms with Crippen LogP contribution in [0.15, 0.2) is 24.3 Å². The van der Waals surface area contributed by atoms with Gasteiger partial charge in [-0.3, -0.25) is 9.69 Å². The lowest BCUT2D eigenvalue weighted by molar-refractivity contribution is 0.0876. The Morgan fingerprint density at radius 1 is 1.12 bits per heavy atom. The molecule has 0 spiro atoms. The van der Waals surface area contributed by atoms with Crippen molar-refractivity contribution < 1.29 is 9.53 Å². The molecule has 1 aromatic carbocycles. The third kappa shape index (κ3) is 5.03. The van der Waals surface area contributed by atoms with Crippen molar-refractivity contribution in [3.63, 3.8) is 0 Å². The van der Waals surface area contributed by atoms with E-state index in [-0.39, 0.29) is 5.78 Å². The first-order valence-electron chi connectivity index (χ1n) is 9.08. The molecule has 24 heavy (non-hydrogen) atoms. The fourth-order valence-corrected chi connectivity index (χ4v) is 3.30. The second-order valence-corrected chi connectivity index (χ2v) is 7.03. The summed E-state index contributed by atoms with van der Waals surface area (Å²) in [5.41, 5.74) is 0.781. The average molecular weight is 331 g/mol. The van der Waals surface area contributed by atoms with Gasteiger partial charge in [0.2, 0.25) is 0 Å². The van der Waals surface area contributed by atoms with Crippen molar-refractivity contribution in [2.75, 3.05) is 59.5 Å². The number of carbonyl (C=O) groups excluding carboxylic acids is 1. The number of nitrogens with zero attached hydrogens (tertiary/aromatic N) is 2. The van der Waals surface area contributed by atoms with Gasteiger partial charge in [-0.15, -0.1) is 0 Å². The second kappa shape index (κ2) is 8.60. The van der Waals surface area contributed by atoms with Crippen molar-refractivity contribution in [1.29, 1.82) is 0 Å². The molecule has 1 N–H and O–H groups in total. The first kappa shape index (κ1) is 17.4. The van der Waals surface area contributed by atoms with Crippen LogP contribution in [0.3, 0.4) is 0 Å². The van der Waals surface area contributed by atoms with Gasteiger partial charge >= 0.3 is 0 Å². The number of ketones is 1. The average Bonchev–Trinajstić information content (AvgIpc) is 2.63. The minimum Gasteiger partial charge on any atom is -0.493 e. The monoisotopic (exact) mass is 331 g/mol. The minimum atomic E-state index is 0.199. The molecule has 132 valence electrons. The Morgan fingerprint density at radius 2 is 1.79 bits per heavy atom. The number of likely N-dealkylation sites (N-methyl/N-ethyl adjacent to an activating group) is 1. The quantitative estimate of drug-likeness (QED) is 0.800. The van der Waals surface area contributed by atoms with Crippen molar-refractivity contribution in [3.05, 3.63) is 29.8 Å². The molecule has 2 saturated heterocycles. The zero-order valence-corrected chi connectivity index (χ0v) is 14.7. The summed E-state index contributed by atoms with van der Waals surface area (Å²) < 4.78 is 5.89. The molecule has 2 heterocycles. The zero-order chi connectivity index (χ0) is 16.8. The molecular formula is C19H29N3O2. The van der Waals surface area contributed by atoms with Crippen molar-refractivity contribution in [2.24, 2.45) is 5.92 Å². The summed E-state index contributed by atoms with van der Waals surface area (Å²) in [7, 11) is 2.13. The van der Waals surface area contributed by atoms with Gasteiger partial charge in [0.05, 0.1) is 13.2 Å². The molecule has 2 fully saturated rings. The number of carbonyl (C=O) groups is 1. The number of nitrogens with one attached hydrogen (secondary N) is 1. The molecule has 0 aliphatic carbocycles. The SMILES string of the molecule is CN1CCN(CC(=O)c2ccc(OCC3CCNCC3)cc2)CC1. The predicted octanol–water partition coefficient (Wildman–Crippen LogP) is 1.50. The van der Waals surface area contributed by atoms with Gasteiger partial charge in [-0.1, -0.05) is 0 Å².